The first-order valence-corrected chi connectivity index (χ1v) is 5.30. The first-order valence-electron chi connectivity index (χ1n) is 4.92. The van der Waals surface area contributed by atoms with Gasteiger partial charge in [-0.1, -0.05) is 11.6 Å². The van der Waals surface area contributed by atoms with Crippen molar-refractivity contribution < 1.29 is 9.60 Å². The third-order valence-corrected chi connectivity index (χ3v) is 2.36. The predicted octanol–water partition coefficient (Wildman–Crippen LogP) is 2.52. The molecule has 0 aliphatic rings. The third-order valence-electron chi connectivity index (χ3n) is 2.08. The van der Waals surface area contributed by atoms with Gasteiger partial charge < -0.3 is 5.32 Å². The summed E-state index contributed by atoms with van der Waals surface area (Å²) in [6.45, 7) is 1.74. The van der Waals surface area contributed by atoms with E-state index in [1.54, 1.807) is 13.0 Å². The summed E-state index contributed by atoms with van der Waals surface area (Å²) < 4.78 is 12.7. The van der Waals surface area contributed by atoms with Crippen molar-refractivity contribution in [2.45, 2.75) is 6.92 Å². The first kappa shape index (κ1) is 12.5. The molecule has 3 N–H and O–H groups in total. The second-order valence-electron chi connectivity index (χ2n) is 3.44. The van der Waals surface area contributed by atoms with Crippen LogP contribution in [0.5, 0.6) is 0 Å². The van der Waals surface area contributed by atoms with Crippen LogP contribution in [0.25, 0.3) is 0 Å². The standard InChI is InChI=1S/C10H9ClFN5O/c1-5-2-7(8(17-18)9(11)15-5)16-10-13-3-6(12)4-14-10/h2-4,17-18H,1H3,(H,13,14,15,16). The van der Waals surface area contributed by atoms with E-state index in [0.717, 1.165) is 12.4 Å². The highest BCUT2D eigenvalue weighted by Crippen LogP contribution is 2.30. The maximum atomic E-state index is 12.7. The van der Waals surface area contributed by atoms with Gasteiger partial charge in [0.2, 0.25) is 5.95 Å². The minimum Gasteiger partial charge on any atom is -0.322 e. The third kappa shape index (κ3) is 2.63. The summed E-state index contributed by atoms with van der Waals surface area (Å²) in [5.74, 6) is -0.362. The van der Waals surface area contributed by atoms with E-state index in [4.69, 9.17) is 16.8 Å². The Hall–Kier alpha value is -1.99. The Morgan fingerprint density at radius 2 is 2.00 bits per heavy atom. The van der Waals surface area contributed by atoms with Crippen LogP contribution in [0.2, 0.25) is 5.15 Å². The second-order valence-corrected chi connectivity index (χ2v) is 3.80. The van der Waals surface area contributed by atoms with E-state index in [0.29, 0.717) is 11.4 Å². The highest BCUT2D eigenvalue weighted by atomic mass is 35.5. The Bertz CT molecular complexity index is 563. The Morgan fingerprint density at radius 3 is 2.61 bits per heavy atom. The normalized spacial score (nSPS) is 10.2. The van der Waals surface area contributed by atoms with Crippen molar-refractivity contribution in [2.24, 2.45) is 0 Å². The van der Waals surface area contributed by atoms with Crippen molar-refractivity contribution >= 4 is 28.9 Å². The van der Waals surface area contributed by atoms with E-state index >= 15 is 0 Å². The van der Waals surface area contributed by atoms with Crippen molar-refractivity contribution in [3.8, 4) is 0 Å². The van der Waals surface area contributed by atoms with Crippen molar-refractivity contribution in [2.75, 3.05) is 10.8 Å². The molecule has 0 radical (unpaired) electrons. The smallest absolute Gasteiger partial charge is 0.227 e. The van der Waals surface area contributed by atoms with Gasteiger partial charge in [0.15, 0.2) is 11.0 Å². The molecule has 0 saturated carbocycles. The monoisotopic (exact) mass is 269 g/mol. The number of rotatable bonds is 3. The fourth-order valence-electron chi connectivity index (χ4n) is 1.34. The highest BCUT2D eigenvalue weighted by molar-refractivity contribution is 6.32. The Morgan fingerprint density at radius 1 is 1.33 bits per heavy atom. The molecule has 18 heavy (non-hydrogen) atoms. The molecule has 0 bridgehead atoms. The molecule has 0 unspecified atom stereocenters. The van der Waals surface area contributed by atoms with E-state index in [1.807, 2.05) is 5.48 Å². The summed E-state index contributed by atoms with van der Waals surface area (Å²) in [6.07, 6.45) is 2.05. The lowest BCUT2D eigenvalue weighted by Crippen LogP contribution is -2.03. The number of aromatic nitrogens is 3. The molecule has 2 heterocycles. The van der Waals surface area contributed by atoms with Gasteiger partial charge >= 0.3 is 0 Å². The Balaban J connectivity index is 2.36. The van der Waals surface area contributed by atoms with E-state index in [9.17, 15) is 4.39 Å². The van der Waals surface area contributed by atoms with Crippen molar-refractivity contribution in [1.82, 2.24) is 15.0 Å². The Kier molecular flexibility index (Phi) is 3.54. The lowest BCUT2D eigenvalue weighted by Gasteiger charge is -2.11. The van der Waals surface area contributed by atoms with Crippen LogP contribution in [0.1, 0.15) is 5.69 Å². The molecule has 0 aliphatic heterocycles. The highest BCUT2D eigenvalue weighted by Gasteiger charge is 2.10. The van der Waals surface area contributed by atoms with Crippen molar-refractivity contribution in [3.63, 3.8) is 0 Å². The van der Waals surface area contributed by atoms with Gasteiger partial charge in [0.25, 0.3) is 0 Å². The minimum atomic E-state index is -0.537. The summed E-state index contributed by atoms with van der Waals surface area (Å²) in [4.78, 5) is 11.4. The average Bonchev–Trinajstić information content (AvgIpc) is 2.32. The van der Waals surface area contributed by atoms with Gasteiger partial charge in [-0.2, -0.15) is 0 Å². The van der Waals surface area contributed by atoms with Crippen LogP contribution < -0.4 is 10.8 Å². The van der Waals surface area contributed by atoms with Crippen LogP contribution in [-0.2, 0) is 0 Å². The second kappa shape index (κ2) is 5.11. The van der Waals surface area contributed by atoms with Crippen LogP contribution >= 0.6 is 11.6 Å². The van der Waals surface area contributed by atoms with Gasteiger partial charge in [0, 0.05) is 5.69 Å². The number of halogens is 2. The van der Waals surface area contributed by atoms with Crippen LogP contribution in [0.3, 0.4) is 0 Å². The molecule has 0 aliphatic carbocycles. The molecular formula is C10H9ClFN5O. The van der Waals surface area contributed by atoms with Gasteiger partial charge in [-0.25, -0.2) is 19.3 Å². The topological polar surface area (TPSA) is 83.0 Å². The molecule has 0 atom stereocenters. The summed E-state index contributed by atoms with van der Waals surface area (Å²) >= 11 is 5.85. The number of hydrogen-bond donors (Lipinski definition) is 3. The van der Waals surface area contributed by atoms with E-state index in [-0.39, 0.29) is 16.8 Å². The van der Waals surface area contributed by atoms with Crippen molar-refractivity contribution in [1.29, 1.82) is 0 Å². The van der Waals surface area contributed by atoms with E-state index in [1.165, 1.54) is 0 Å². The zero-order chi connectivity index (χ0) is 13.1. The molecule has 0 saturated heterocycles. The lowest BCUT2D eigenvalue weighted by molar-refractivity contribution is 0.389. The molecule has 0 amide bonds. The van der Waals surface area contributed by atoms with E-state index < -0.39 is 5.82 Å². The molecule has 94 valence electrons. The molecule has 2 aromatic rings. The quantitative estimate of drug-likeness (QED) is 0.587. The number of aryl methyl sites for hydroxylation is 1. The molecular weight excluding hydrogens is 261 g/mol. The van der Waals surface area contributed by atoms with Gasteiger partial charge in [-0.3, -0.25) is 10.7 Å². The molecule has 0 aromatic carbocycles. The maximum Gasteiger partial charge on any atom is 0.227 e. The average molecular weight is 270 g/mol. The predicted molar refractivity (Wildman–Crippen MR) is 64.7 cm³/mol. The maximum absolute atomic E-state index is 12.7. The fourth-order valence-corrected chi connectivity index (χ4v) is 1.61. The zero-order valence-electron chi connectivity index (χ0n) is 9.28. The summed E-state index contributed by atoms with van der Waals surface area (Å²) in [5, 5.41) is 11.9. The molecule has 8 heteroatoms. The molecule has 2 rings (SSSR count). The largest absolute Gasteiger partial charge is 0.322 e. The SMILES string of the molecule is Cc1cc(Nc2ncc(F)cn2)c(NO)c(Cl)n1. The summed E-state index contributed by atoms with van der Waals surface area (Å²) in [6, 6.07) is 1.64. The molecule has 2 aromatic heterocycles. The lowest BCUT2D eigenvalue weighted by atomic mass is 10.3. The molecule has 0 fully saturated rings. The van der Waals surface area contributed by atoms with Crippen LogP contribution in [0.15, 0.2) is 18.5 Å². The van der Waals surface area contributed by atoms with Gasteiger partial charge in [0.1, 0.15) is 5.69 Å². The summed E-state index contributed by atoms with van der Waals surface area (Å²) in [5.41, 5.74) is 3.20. The molecule has 0 spiro atoms. The van der Waals surface area contributed by atoms with Crippen molar-refractivity contribution in [3.05, 3.63) is 35.1 Å². The zero-order valence-corrected chi connectivity index (χ0v) is 10.0. The minimum absolute atomic E-state index is 0.0992. The van der Waals surface area contributed by atoms with Gasteiger partial charge in [-0.15, -0.1) is 0 Å². The Labute approximate surface area is 107 Å². The van der Waals surface area contributed by atoms with Crippen LogP contribution in [0, 0.1) is 12.7 Å². The fraction of sp³-hybridized carbons (Fsp3) is 0.100. The number of nitrogens with zero attached hydrogens (tertiary/aromatic N) is 3. The number of anilines is 3. The first-order chi connectivity index (χ1) is 8.60. The molecule has 6 nitrogen and oxygen atoms in total. The van der Waals surface area contributed by atoms with E-state index in [2.05, 4.69) is 20.3 Å². The van der Waals surface area contributed by atoms with Crippen LogP contribution in [-0.4, -0.2) is 20.2 Å². The number of pyridine rings is 1. The number of hydrogen-bond acceptors (Lipinski definition) is 6. The van der Waals surface area contributed by atoms with Crippen LogP contribution in [0.4, 0.5) is 21.7 Å². The van der Waals surface area contributed by atoms with Gasteiger partial charge in [0.05, 0.1) is 18.1 Å². The summed E-state index contributed by atoms with van der Waals surface area (Å²) in [7, 11) is 0. The number of nitrogens with one attached hydrogen (secondary N) is 2. The van der Waals surface area contributed by atoms with Gasteiger partial charge in [-0.05, 0) is 13.0 Å².